The topological polar surface area (TPSA) is 41.0 Å². The highest BCUT2D eigenvalue weighted by molar-refractivity contribution is 5.90. The zero-order chi connectivity index (χ0) is 18.2. The van der Waals surface area contributed by atoms with Crippen LogP contribution in [0, 0.1) is 0 Å². The van der Waals surface area contributed by atoms with E-state index in [1.165, 1.54) is 12.8 Å². The third-order valence-electron chi connectivity index (χ3n) is 4.44. The number of nitrogens with zero attached hydrogens (tertiary/aromatic N) is 3. The lowest BCUT2D eigenvalue weighted by molar-refractivity contribution is 0.285. The predicted octanol–water partition coefficient (Wildman–Crippen LogP) is 4.83. The maximum atomic E-state index is 4.82. The van der Waals surface area contributed by atoms with Gasteiger partial charge in [0.05, 0.1) is 5.52 Å². The molecule has 0 aliphatic heterocycles. The number of hydrogen-bond acceptors (Lipinski definition) is 4. The maximum absolute atomic E-state index is 4.82. The Morgan fingerprint density at radius 3 is 2.23 bits per heavy atom. The van der Waals surface area contributed by atoms with Gasteiger partial charge in [-0.1, -0.05) is 56.3 Å². The van der Waals surface area contributed by atoms with Crippen LogP contribution in [0.5, 0.6) is 0 Å². The summed E-state index contributed by atoms with van der Waals surface area (Å²) in [5.41, 5.74) is 2.02. The molecule has 0 saturated heterocycles. The minimum absolute atomic E-state index is 0.769. The Bertz CT molecular complexity index is 811. The molecule has 3 rings (SSSR count). The van der Waals surface area contributed by atoms with Crippen LogP contribution >= 0.6 is 0 Å². The van der Waals surface area contributed by atoms with E-state index in [0.717, 1.165) is 54.3 Å². The second kappa shape index (κ2) is 9.30. The Hall–Kier alpha value is -2.46. The van der Waals surface area contributed by atoms with Gasteiger partial charge in [-0.15, -0.1) is 0 Å². The fourth-order valence-electron chi connectivity index (χ4n) is 3.23. The van der Waals surface area contributed by atoms with Crippen molar-refractivity contribution in [3.8, 4) is 11.4 Å². The highest BCUT2D eigenvalue weighted by atomic mass is 15.1. The van der Waals surface area contributed by atoms with Crippen LogP contribution in [-0.4, -0.2) is 41.0 Å². The van der Waals surface area contributed by atoms with Crippen LogP contribution in [0.4, 0.5) is 5.82 Å². The molecule has 0 aliphatic carbocycles. The van der Waals surface area contributed by atoms with Gasteiger partial charge in [0.15, 0.2) is 5.82 Å². The normalized spacial score (nSPS) is 11.2. The largest absolute Gasteiger partial charge is 0.368 e. The number of anilines is 1. The number of nitrogens with one attached hydrogen (secondary N) is 1. The van der Waals surface area contributed by atoms with E-state index < -0.39 is 0 Å². The minimum Gasteiger partial charge on any atom is -0.368 e. The Morgan fingerprint density at radius 2 is 1.50 bits per heavy atom. The second-order valence-electron chi connectivity index (χ2n) is 6.55. The minimum atomic E-state index is 0.769. The molecule has 2 aromatic carbocycles. The number of rotatable bonds is 9. The Kier molecular flexibility index (Phi) is 6.56. The summed E-state index contributed by atoms with van der Waals surface area (Å²) in [6.45, 7) is 8.68. The Balaban J connectivity index is 1.82. The molecule has 1 N–H and O–H groups in total. The van der Waals surface area contributed by atoms with Crippen molar-refractivity contribution >= 4 is 16.7 Å². The van der Waals surface area contributed by atoms with Crippen LogP contribution in [0.1, 0.15) is 26.7 Å². The Morgan fingerprint density at radius 1 is 0.808 bits per heavy atom. The Labute approximate surface area is 156 Å². The van der Waals surface area contributed by atoms with Crippen LogP contribution < -0.4 is 5.32 Å². The zero-order valence-electron chi connectivity index (χ0n) is 15.8. The fraction of sp³-hybridized carbons (Fsp3) is 0.364. The summed E-state index contributed by atoms with van der Waals surface area (Å²) in [5.74, 6) is 1.69. The predicted molar refractivity (Wildman–Crippen MR) is 110 cm³/mol. The number of benzene rings is 2. The third kappa shape index (κ3) is 4.58. The molecular formula is C22H28N4. The van der Waals surface area contributed by atoms with Crippen LogP contribution in [0.25, 0.3) is 22.3 Å². The smallest absolute Gasteiger partial charge is 0.162 e. The van der Waals surface area contributed by atoms with Gasteiger partial charge in [-0.25, -0.2) is 9.97 Å². The van der Waals surface area contributed by atoms with E-state index in [9.17, 15) is 0 Å². The number of fused-ring (bicyclic) bond motifs is 1. The number of aromatic nitrogens is 2. The quantitative estimate of drug-likeness (QED) is 0.601. The van der Waals surface area contributed by atoms with E-state index >= 15 is 0 Å². The lowest BCUT2D eigenvalue weighted by Crippen LogP contribution is -2.30. The second-order valence-corrected chi connectivity index (χ2v) is 6.55. The van der Waals surface area contributed by atoms with Gasteiger partial charge in [-0.3, -0.25) is 0 Å². The van der Waals surface area contributed by atoms with E-state index in [1.54, 1.807) is 0 Å². The standard InChI is InChI=1S/C22H28N4/c1-3-15-26(16-4-2)17-14-23-22-19-12-8-9-13-20(19)24-21(25-22)18-10-6-5-7-11-18/h5-13H,3-4,14-17H2,1-2H3,(H,23,24,25). The van der Waals surface area contributed by atoms with Crippen molar-refractivity contribution in [1.29, 1.82) is 0 Å². The van der Waals surface area contributed by atoms with Crippen LogP contribution in [-0.2, 0) is 0 Å². The van der Waals surface area contributed by atoms with Crippen molar-refractivity contribution < 1.29 is 0 Å². The first-order chi connectivity index (χ1) is 12.8. The van der Waals surface area contributed by atoms with Gasteiger partial charge >= 0.3 is 0 Å². The van der Waals surface area contributed by atoms with Crippen molar-refractivity contribution in [2.75, 3.05) is 31.5 Å². The van der Waals surface area contributed by atoms with Crippen molar-refractivity contribution in [2.45, 2.75) is 26.7 Å². The summed E-state index contributed by atoms with van der Waals surface area (Å²) in [5, 5.41) is 4.63. The van der Waals surface area contributed by atoms with E-state index in [2.05, 4.69) is 48.3 Å². The molecule has 1 heterocycles. The van der Waals surface area contributed by atoms with Crippen molar-refractivity contribution in [3.63, 3.8) is 0 Å². The molecule has 0 aliphatic rings. The molecule has 4 heteroatoms. The molecule has 0 atom stereocenters. The zero-order valence-corrected chi connectivity index (χ0v) is 15.8. The summed E-state index contributed by atoms with van der Waals surface area (Å²) in [7, 11) is 0. The first-order valence-electron chi connectivity index (χ1n) is 9.60. The van der Waals surface area contributed by atoms with Gasteiger partial charge in [-0.05, 0) is 38.1 Å². The molecular weight excluding hydrogens is 320 g/mol. The van der Waals surface area contributed by atoms with E-state index in [1.807, 2.05) is 30.3 Å². The van der Waals surface area contributed by atoms with Gasteiger partial charge in [-0.2, -0.15) is 0 Å². The van der Waals surface area contributed by atoms with Gasteiger partial charge in [0.2, 0.25) is 0 Å². The van der Waals surface area contributed by atoms with Crippen molar-refractivity contribution in [1.82, 2.24) is 14.9 Å². The van der Waals surface area contributed by atoms with E-state index in [4.69, 9.17) is 9.97 Å². The maximum Gasteiger partial charge on any atom is 0.162 e. The molecule has 3 aromatic rings. The highest BCUT2D eigenvalue weighted by Crippen LogP contribution is 2.24. The molecule has 0 spiro atoms. The van der Waals surface area contributed by atoms with E-state index in [-0.39, 0.29) is 0 Å². The SMILES string of the molecule is CCCN(CCC)CCNc1nc(-c2ccccc2)nc2ccccc12. The third-order valence-corrected chi connectivity index (χ3v) is 4.44. The molecule has 0 amide bonds. The number of hydrogen-bond donors (Lipinski definition) is 1. The van der Waals surface area contributed by atoms with Gasteiger partial charge in [0.25, 0.3) is 0 Å². The summed E-state index contributed by atoms with van der Waals surface area (Å²) in [4.78, 5) is 12.1. The lowest BCUT2D eigenvalue weighted by Gasteiger charge is -2.21. The summed E-state index contributed by atoms with van der Waals surface area (Å²) in [6, 6.07) is 18.4. The molecule has 1 aromatic heterocycles. The van der Waals surface area contributed by atoms with Gasteiger partial charge in [0, 0.05) is 24.0 Å². The molecule has 4 nitrogen and oxygen atoms in total. The van der Waals surface area contributed by atoms with Gasteiger partial charge < -0.3 is 10.2 Å². The molecule has 136 valence electrons. The van der Waals surface area contributed by atoms with Crippen LogP contribution in [0.2, 0.25) is 0 Å². The van der Waals surface area contributed by atoms with Crippen molar-refractivity contribution in [2.24, 2.45) is 0 Å². The fourth-order valence-corrected chi connectivity index (χ4v) is 3.23. The first-order valence-corrected chi connectivity index (χ1v) is 9.60. The van der Waals surface area contributed by atoms with Crippen LogP contribution in [0.15, 0.2) is 54.6 Å². The molecule has 0 saturated carbocycles. The molecule has 0 bridgehead atoms. The molecule has 0 fully saturated rings. The van der Waals surface area contributed by atoms with Gasteiger partial charge in [0.1, 0.15) is 5.82 Å². The summed E-state index contributed by atoms with van der Waals surface area (Å²) in [6.07, 6.45) is 2.38. The van der Waals surface area contributed by atoms with Crippen LogP contribution in [0.3, 0.4) is 0 Å². The molecule has 0 unspecified atom stereocenters. The monoisotopic (exact) mass is 348 g/mol. The molecule has 26 heavy (non-hydrogen) atoms. The average molecular weight is 348 g/mol. The molecule has 0 radical (unpaired) electrons. The van der Waals surface area contributed by atoms with E-state index in [0.29, 0.717) is 0 Å². The average Bonchev–Trinajstić information content (AvgIpc) is 2.69. The van der Waals surface area contributed by atoms with Crippen molar-refractivity contribution in [3.05, 3.63) is 54.6 Å². The number of para-hydroxylation sites is 1. The highest BCUT2D eigenvalue weighted by Gasteiger charge is 2.09. The first kappa shape index (κ1) is 18.3. The summed E-state index contributed by atoms with van der Waals surface area (Å²) >= 11 is 0. The lowest BCUT2D eigenvalue weighted by atomic mass is 10.2. The summed E-state index contributed by atoms with van der Waals surface area (Å²) < 4.78 is 0.